The molecule has 4 rings (SSSR count). The SMILES string of the molecule is CC(O)(c1ccc(Cl)cn1)N1C(=O)c2ccccc2[C@]1(OCCO)c1ccc(Cl)cc1. The largest absolute Gasteiger partial charge is 0.394 e. The fourth-order valence-corrected chi connectivity index (χ4v) is 4.24. The Morgan fingerprint density at radius 2 is 1.74 bits per heavy atom. The number of ether oxygens (including phenoxy) is 1. The van der Waals surface area contributed by atoms with Gasteiger partial charge in [-0.1, -0.05) is 53.5 Å². The summed E-state index contributed by atoms with van der Waals surface area (Å²) in [6.45, 7) is 1.12. The van der Waals surface area contributed by atoms with E-state index in [-0.39, 0.29) is 18.9 Å². The minimum absolute atomic E-state index is 0.0785. The van der Waals surface area contributed by atoms with Crippen molar-refractivity contribution < 1.29 is 19.7 Å². The molecular formula is C23H20Cl2N2O4. The summed E-state index contributed by atoms with van der Waals surface area (Å²) in [5, 5.41) is 22.2. The van der Waals surface area contributed by atoms with E-state index in [1.807, 2.05) is 0 Å². The number of amides is 1. The summed E-state index contributed by atoms with van der Waals surface area (Å²) in [5.41, 5.74) is -1.70. The van der Waals surface area contributed by atoms with Crippen LogP contribution in [0.15, 0.2) is 66.9 Å². The number of halogens is 2. The number of carbonyl (C=O) groups excluding carboxylic acids is 1. The third kappa shape index (κ3) is 3.50. The predicted octanol–water partition coefficient (Wildman–Crippen LogP) is 3.92. The van der Waals surface area contributed by atoms with Crippen molar-refractivity contribution >= 4 is 29.1 Å². The molecule has 0 saturated heterocycles. The van der Waals surface area contributed by atoms with Crippen LogP contribution >= 0.6 is 23.2 Å². The van der Waals surface area contributed by atoms with E-state index in [1.54, 1.807) is 60.7 Å². The van der Waals surface area contributed by atoms with Gasteiger partial charge in [0.05, 0.1) is 23.9 Å². The number of fused-ring (bicyclic) bond motifs is 1. The first-order valence-electron chi connectivity index (χ1n) is 9.62. The second-order valence-corrected chi connectivity index (χ2v) is 8.16. The molecule has 0 aliphatic carbocycles. The molecule has 160 valence electrons. The molecule has 2 heterocycles. The number of aliphatic hydroxyl groups excluding tert-OH is 1. The molecule has 8 heteroatoms. The molecular weight excluding hydrogens is 439 g/mol. The maximum atomic E-state index is 13.6. The van der Waals surface area contributed by atoms with Crippen molar-refractivity contribution in [3.8, 4) is 0 Å². The zero-order chi connectivity index (χ0) is 22.2. The predicted molar refractivity (Wildman–Crippen MR) is 117 cm³/mol. The second-order valence-electron chi connectivity index (χ2n) is 7.29. The van der Waals surface area contributed by atoms with Crippen LogP contribution in [0.3, 0.4) is 0 Å². The average Bonchev–Trinajstić information content (AvgIpc) is 3.03. The summed E-state index contributed by atoms with van der Waals surface area (Å²) >= 11 is 12.1. The lowest BCUT2D eigenvalue weighted by atomic mass is 9.92. The van der Waals surface area contributed by atoms with Crippen molar-refractivity contribution in [1.82, 2.24) is 9.88 Å². The van der Waals surface area contributed by atoms with Gasteiger partial charge in [0.25, 0.3) is 5.91 Å². The Kier molecular flexibility index (Phi) is 5.77. The normalized spacial score (nSPS) is 19.9. The number of pyridine rings is 1. The van der Waals surface area contributed by atoms with Gasteiger partial charge in [-0.2, -0.15) is 0 Å². The van der Waals surface area contributed by atoms with Gasteiger partial charge in [-0.15, -0.1) is 0 Å². The third-order valence-corrected chi connectivity index (χ3v) is 5.80. The molecule has 2 aromatic carbocycles. The number of aliphatic hydroxyl groups is 2. The van der Waals surface area contributed by atoms with Gasteiger partial charge in [-0.05, 0) is 37.3 Å². The maximum absolute atomic E-state index is 13.6. The van der Waals surface area contributed by atoms with Gasteiger partial charge >= 0.3 is 0 Å². The number of hydrogen-bond acceptors (Lipinski definition) is 5. The summed E-state index contributed by atoms with van der Waals surface area (Å²) in [4.78, 5) is 19.1. The van der Waals surface area contributed by atoms with Crippen LogP contribution in [0, 0.1) is 0 Å². The quantitative estimate of drug-likeness (QED) is 0.584. The third-order valence-electron chi connectivity index (χ3n) is 5.33. The highest BCUT2D eigenvalue weighted by atomic mass is 35.5. The van der Waals surface area contributed by atoms with Crippen LogP contribution in [0.25, 0.3) is 0 Å². The fraction of sp³-hybridized carbons (Fsp3) is 0.217. The summed E-state index contributed by atoms with van der Waals surface area (Å²) in [6.07, 6.45) is 1.40. The van der Waals surface area contributed by atoms with Crippen LogP contribution in [0.2, 0.25) is 10.0 Å². The fourth-order valence-electron chi connectivity index (χ4n) is 4.00. The molecule has 1 amide bonds. The van der Waals surface area contributed by atoms with E-state index in [0.29, 0.717) is 26.7 Å². The van der Waals surface area contributed by atoms with E-state index in [4.69, 9.17) is 27.9 Å². The zero-order valence-corrected chi connectivity index (χ0v) is 18.1. The first-order chi connectivity index (χ1) is 14.8. The van der Waals surface area contributed by atoms with Crippen LogP contribution in [0.5, 0.6) is 0 Å². The minimum atomic E-state index is -1.88. The Bertz CT molecular complexity index is 1100. The molecule has 3 aromatic rings. The molecule has 1 unspecified atom stereocenters. The zero-order valence-electron chi connectivity index (χ0n) is 16.6. The maximum Gasteiger partial charge on any atom is 0.259 e. The Morgan fingerprint density at radius 1 is 1.06 bits per heavy atom. The van der Waals surface area contributed by atoms with Crippen LogP contribution < -0.4 is 0 Å². The molecule has 0 radical (unpaired) electrons. The Morgan fingerprint density at radius 3 is 2.39 bits per heavy atom. The molecule has 31 heavy (non-hydrogen) atoms. The molecule has 0 spiro atoms. The lowest BCUT2D eigenvalue weighted by molar-refractivity contribution is -0.209. The van der Waals surface area contributed by atoms with E-state index in [9.17, 15) is 15.0 Å². The molecule has 2 atom stereocenters. The van der Waals surface area contributed by atoms with Gasteiger partial charge in [0.15, 0.2) is 11.4 Å². The average molecular weight is 459 g/mol. The molecule has 2 N–H and O–H groups in total. The monoisotopic (exact) mass is 458 g/mol. The summed E-state index contributed by atoms with van der Waals surface area (Å²) in [6, 6.07) is 16.9. The summed E-state index contributed by atoms with van der Waals surface area (Å²) in [7, 11) is 0. The van der Waals surface area contributed by atoms with Gasteiger partial charge in [-0.25, -0.2) is 0 Å². The molecule has 1 aliphatic rings. The highest BCUT2D eigenvalue weighted by Gasteiger charge is 2.59. The van der Waals surface area contributed by atoms with Gasteiger partial charge in [0.1, 0.15) is 0 Å². The van der Waals surface area contributed by atoms with Crippen LogP contribution in [-0.4, -0.2) is 39.2 Å². The van der Waals surface area contributed by atoms with E-state index < -0.39 is 17.4 Å². The van der Waals surface area contributed by atoms with Gasteiger partial charge < -0.3 is 14.9 Å². The second kappa shape index (κ2) is 8.22. The lowest BCUT2D eigenvalue weighted by Gasteiger charge is -2.46. The van der Waals surface area contributed by atoms with Gasteiger partial charge in [0, 0.05) is 27.9 Å². The van der Waals surface area contributed by atoms with Crippen molar-refractivity contribution in [3.63, 3.8) is 0 Å². The van der Waals surface area contributed by atoms with Gasteiger partial charge in [0.2, 0.25) is 0 Å². The van der Waals surface area contributed by atoms with E-state index >= 15 is 0 Å². The Labute approximate surface area is 189 Å². The first kappa shape index (κ1) is 21.7. The van der Waals surface area contributed by atoms with Crippen LogP contribution in [0.4, 0.5) is 0 Å². The first-order valence-corrected chi connectivity index (χ1v) is 10.4. The highest BCUT2D eigenvalue weighted by molar-refractivity contribution is 6.30. The number of benzene rings is 2. The van der Waals surface area contributed by atoms with Crippen molar-refractivity contribution in [2.24, 2.45) is 0 Å². The molecule has 6 nitrogen and oxygen atoms in total. The smallest absolute Gasteiger partial charge is 0.259 e. The summed E-state index contributed by atoms with van der Waals surface area (Å²) in [5.74, 6) is -0.440. The molecule has 1 aromatic heterocycles. The topological polar surface area (TPSA) is 82.9 Å². The molecule has 0 saturated carbocycles. The lowest BCUT2D eigenvalue weighted by Crippen LogP contribution is -2.57. The van der Waals surface area contributed by atoms with Crippen LogP contribution in [0.1, 0.15) is 34.1 Å². The number of rotatable bonds is 6. The number of carbonyl (C=O) groups is 1. The highest BCUT2D eigenvalue weighted by Crippen LogP contribution is 2.50. The number of nitrogens with zero attached hydrogens (tertiary/aromatic N) is 2. The Balaban J connectivity index is 2.00. The van der Waals surface area contributed by atoms with E-state index in [1.165, 1.54) is 18.0 Å². The minimum Gasteiger partial charge on any atom is -0.394 e. The van der Waals surface area contributed by atoms with Gasteiger partial charge in [-0.3, -0.25) is 14.7 Å². The Hall–Kier alpha value is -2.48. The molecule has 1 aliphatic heterocycles. The van der Waals surface area contributed by atoms with Crippen molar-refractivity contribution in [2.45, 2.75) is 18.4 Å². The standard InChI is InChI=1S/C23H20Cl2N2O4/c1-22(30,20-11-10-17(25)14-26-20)27-21(29)18-4-2-3-5-19(18)23(27,31-13-12-28)15-6-8-16(24)9-7-15/h2-11,14,28,30H,12-13H2,1H3/t22?,23-/m1/s1. The number of aromatic nitrogens is 1. The van der Waals surface area contributed by atoms with E-state index in [0.717, 1.165) is 0 Å². The van der Waals surface area contributed by atoms with E-state index in [2.05, 4.69) is 4.98 Å². The summed E-state index contributed by atoms with van der Waals surface area (Å²) < 4.78 is 6.20. The molecule has 0 fully saturated rings. The van der Waals surface area contributed by atoms with Crippen molar-refractivity contribution in [2.75, 3.05) is 13.2 Å². The van der Waals surface area contributed by atoms with Crippen molar-refractivity contribution in [1.29, 1.82) is 0 Å². The van der Waals surface area contributed by atoms with Crippen LogP contribution in [-0.2, 0) is 16.2 Å². The number of hydrogen-bond donors (Lipinski definition) is 2. The molecule has 0 bridgehead atoms. The van der Waals surface area contributed by atoms with Crippen molar-refractivity contribution in [3.05, 3.63) is 99.3 Å².